The quantitative estimate of drug-likeness (QED) is 0.566. The van der Waals surface area contributed by atoms with Crippen LogP contribution in [0.3, 0.4) is 0 Å². The number of thioether (sulfide) groups is 1. The Hall–Kier alpha value is -1.96. The molecule has 0 aliphatic carbocycles. The molecular weight excluding hydrogens is 386 g/mol. The number of benzene rings is 1. The van der Waals surface area contributed by atoms with E-state index in [-0.39, 0.29) is 11.5 Å². The normalized spacial score (nSPS) is 18.4. The molecule has 1 saturated heterocycles. The largest absolute Gasteiger partial charge is 0.378 e. The van der Waals surface area contributed by atoms with Crippen LogP contribution in [0.15, 0.2) is 29.3 Å². The fourth-order valence-electron chi connectivity index (χ4n) is 3.59. The maximum atomic E-state index is 12.6. The summed E-state index contributed by atoms with van der Waals surface area (Å²) in [6, 6.07) is 8.22. The molecule has 154 valence electrons. The minimum atomic E-state index is -0.253. The molecule has 6 nitrogen and oxygen atoms in total. The standard InChI is InChI=1S/C22H27N3O3S/c1-15-5-4-6-16(11-15)20-23-18-12-22(2,3)28-13-17(18)21(24-20)29-14-19(26)25-7-9-27-10-8-25/h4-6,11H,7-10,12-14H2,1-3H3. The minimum absolute atomic E-state index is 0.125. The first kappa shape index (κ1) is 20.3. The predicted molar refractivity (Wildman–Crippen MR) is 113 cm³/mol. The Morgan fingerprint density at radius 3 is 2.79 bits per heavy atom. The fraction of sp³-hybridized carbons (Fsp3) is 0.500. The van der Waals surface area contributed by atoms with Gasteiger partial charge in [0.25, 0.3) is 0 Å². The van der Waals surface area contributed by atoms with Gasteiger partial charge in [-0.1, -0.05) is 35.5 Å². The van der Waals surface area contributed by atoms with Gasteiger partial charge in [-0.05, 0) is 26.8 Å². The van der Waals surface area contributed by atoms with Gasteiger partial charge in [0.15, 0.2) is 5.82 Å². The van der Waals surface area contributed by atoms with Crippen molar-refractivity contribution >= 4 is 17.7 Å². The summed E-state index contributed by atoms with van der Waals surface area (Å²) in [6.07, 6.45) is 0.731. The van der Waals surface area contributed by atoms with Crippen LogP contribution >= 0.6 is 11.8 Å². The summed E-state index contributed by atoms with van der Waals surface area (Å²) in [5.74, 6) is 1.20. The van der Waals surface area contributed by atoms with Gasteiger partial charge in [0.05, 0.1) is 36.9 Å². The lowest BCUT2D eigenvalue weighted by Gasteiger charge is -2.32. The summed E-state index contributed by atoms with van der Waals surface area (Å²) in [6.45, 7) is 9.25. The van der Waals surface area contributed by atoms with E-state index >= 15 is 0 Å². The molecule has 0 unspecified atom stereocenters. The third kappa shape index (κ3) is 4.79. The molecule has 1 aromatic heterocycles. The molecule has 1 aromatic carbocycles. The number of morpholine rings is 1. The third-order valence-electron chi connectivity index (χ3n) is 5.23. The molecule has 4 rings (SSSR count). The van der Waals surface area contributed by atoms with Crippen molar-refractivity contribution < 1.29 is 14.3 Å². The number of carbonyl (C=O) groups is 1. The van der Waals surface area contributed by atoms with Gasteiger partial charge in [-0.3, -0.25) is 4.79 Å². The van der Waals surface area contributed by atoms with Gasteiger partial charge in [0, 0.05) is 30.6 Å². The highest BCUT2D eigenvalue weighted by atomic mass is 32.2. The number of fused-ring (bicyclic) bond motifs is 1. The second-order valence-corrected chi connectivity index (χ2v) is 9.12. The molecule has 0 bridgehead atoms. The Bertz CT molecular complexity index is 910. The first-order chi connectivity index (χ1) is 13.9. The molecule has 0 radical (unpaired) electrons. The van der Waals surface area contributed by atoms with Crippen LogP contribution in [0.25, 0.3) is 11.4 Å². The van der Waals surface area contributed by atoms with Crippen LogP contribution in [0.4, 0.5) is 0 Å². The molecule has 29 heavy (non-hydrogen) atoms. The monoisotopic (exact) mass is 413 g/mol. The highest BCUT2D eigenvalue weighted by molar-refractivity contribution is 7.99. The van der Waals surface area contributed by atoms with Crippen LogP contribution in [-0.4, -0.2) is 58.4 Å². The number of aryl methyl sites for hydroxylation is 1. The van der Waals surface area contributed by atoms with Crippen LogP contribution in [-0.2, 0) is 27.3 Å². The van der Waals surface area contributed by atoms with Gasteiger partial charge in [-0.15, -0.1) is 0 Å². The van der Waals surface area contributed by atoms with Gasteiger partial charge in [-0.25, -0.2) is 9.97 Å². The van der Waals surface area contributed by atoms with Crippen molar-refractivity contribution in [3.8, 4) is 11.4 Å². The van der Waals surface area contributed by atoms with Gasteiger partial charge in [0.1, 0.15) is 5.03 Å². The molecule has 0 N–H and O–H groups in total. The van der Waals surface area contributed by atoms with E-state index in [9.17, 15) is 4.79 Å². The van der Waals surface area contributed by atoms with Crippen LogP contribution < -0.4 is 0 Å². The topological polar surface area (TPSA) is 64.6 Å². The van der Waals surface area contributed by atoms with E-state index in [1.165, 1.54) is 17.3 Å². The molecule has 2 aliphatic rings. The zero-order valence-corrected chi connectivity index (χ0v) is 18.1. The van der Waals surface area contributed by atoms with Crippen molar-refractivity contribution in [2.45, 2.75) is 44.4 Å². The molecular formula is C22H27N3O3S. The van der Waals surface area contributed by atoms with Gasteiger partial charge in [-0.2, -0.15) is 0 Å². The van der Waals surface area contributed by atoms with E-state index in [0.717, 1.165) is 28.3 Å². The average Bonchev–Trinajstić information content (AvgIpc) is 2.71. The Morgan fingerprint density at radius 2 is 2.03 bits per heavy atom. The lowest BCUT2D eigenvalue weighted by atomic mass is 9.96. The number of hydrogen-bond acceptors (Lipinski definition) is 6. The van der Waals surface area contributed by atoms with Gasteiger partial charge < -0.3 is 14.4 Å². The highest BCUT2D eigenvalue weighted by Crippen LogP contribution is 2.34. The summed E-state index contributed by atoms with van der Waals surface area (Å²) in [5, 5.41) is 0.851. The number of carbonyl (C=O) groups excluding carboxylic acids is 1. The fourth-order valence-corrected chi connectivity index (χ4v) is 4.53. The van der Waals surface area contributed by atoms with E-state index in [2.05, 4.69) is 32.9 Å². The Kier molecular flexibility index (Phi) is 5.90. The van der Waals surface area contributed by atoms with Gasteiger partial charge in [0.2, 0.25) is 5.91 Å². The van der Waals surface area contributed by atoms with E-state index in [1.54, 1.807) is 0 Å². The van der Waals surface area contributed by atoms with Crippen molar-refractivity contribution in [3.05, 3.63) is 41.1 Å². The number of aromatic nitrogens is 2. The molecule has 1 amide bonds. The number of rotatable bonds is 4. The van der Waals surface area contributed by atoms with Crippen molar-refractivity contribution in [2.75, 3.05) is 32.1 Å². The molecule has 0 atom stereocenters. The molecule has 0 saturated carbocycles. The van der Waals surface area contributed by atoms with E-state index < -0.39 is 0 Å². The SMILES string of the molecule is Cc1cccc(-c2nc3c(c(SCC(=O)N4CCOCC4)n2)COC(C)(C)C3)c1. The number of amides is 1. The summed E-state index contributed by atoms with van der Waals surface area (Å²) < 4.78 is 11.4. The molecule has 3 heterocycles. The molecule has 1 fully saturated rings. The second kappa shape index (κ2) is 8.42. The van der Waals surface area contributed by atoms with Gasteiger partial charge >= 0.3 is 0 Å². The van der Waals surface area contributed by atoms with Crippen LogP contribution in [0, 0.1) is 6.92 Å². The van der Waals surface area contributed by atoms with Crippen molar-refractivity contribution in [2.24, 2.45) is 0 Å². The molecule has 2 aliphatic heterocycles. The van der Waals surface area contributed by atoms with E-state index in [1.807, 2.05) is 17.0 Å². The van der Waals surface area contributed by atoms with E-state index in [4.69, 9.17) is 19.4 Å². The Labute approximate surface area is 176 Å². The number of ether oxygens (including phenoxy) is 2. The zero-order valence-electron chi connectivity index (χ0n) is 17.2. The maximum absolute atomic E-state index is 12.6. The maximum Gasteiger partial charge on any atom is 0.233 e. The summed E-state index contributed by atoms with van der Waals surface area (Å²) >= 11 is 1.49. The van der Waals surface area contributed by atoms with Crippen LogP contribution in [0.1, 0.15) is 30.7 Å². The highest BCUT2D eigenvalue weighted by Gasteiger charge is 2.30. The van der Waals surface area contributed by atoms with Crippen LogP contribution in [0.5, 0.6) is 0 Å². The van der Waals surface area contributed by atoms with Crippen molar-refractivity contribution in [1.82, 2.24) is 14.9 Å². The van der Waals surface area contributed by atoms with E-state index in [0.29, 0.717) is 44.5 Å². The molecule has 0 spiro atoms. The predicted octanol–water partition coefficient (Wildman–Crippen LogP) is 3.25. The summed E-state index contributed by atoms with van der Waals surface area (Å²) in [7, 11) is 0. The average molecular weight is 414 g/mol. The van der Waals surface area contributed by atoms with Crippen molar-refractivity contribution in [3.63, 3.8) is 0 Å². The minimum Gasteiger partial charge on any atom is -0.378 e. The van der Waals surface area contributed by atoms with Crippen molar-refractivity contribution in [1.29, 1.82) is 0 Å². The smallest absolute Gasteiger partial charge is 0.233 e. The molecule has 2 aromatic rings. The lowest BCUT2D eigenvalue weighted by Crippen LogP contribution is -2.41. The summed E-state index contributed by atoms with van der Waals surface area (Å²) in [5.41, 5.74) is 3.95. The zero-order chi connectivity index (χ0) is 20.4. The number of hydrogen-bond donors (Lipinski definition) is 0. The first-order valence-corrected chi connectivity index (χ1v) is 11.0. The van der Waals surface area contributed by atoms with Crippen LogP contribution in [0.2, 0.25) is 0 Å². The third-order valence-corrected chi connectivity index (χ3v) is 6.23. The summed E-state index contributed by atoms with van der Waals surface area (Å²) in [4.78, 5) is 24.2. The lowest BCUT2D eigenvalue weighted by molar-refractivity contribution is -0.132. The second-order valence-electron chi connectivity index (χ2n) is 8.15. The Morgan fingerprint density at radius 1 is 1.24 bits per heavy atom. The Balaban J connectivity index is 1.62. The first-order valence-electron chi connectivity index (χ1n) is 10.0. The number of nitrogens with zero attached hydrogens (tertiary/aromatic N) is 3. The molecule has 7 heteroatoms.